The summed E-state index contributed by atoms with van der Waals surface area (Å²) in [4.78, 5) is 40.7. The van der Waals surface area contributed by atoms with Crippen LogP contribution in [0.3, 0.4) is 0 Å². The smallest absolute Gasteiger partial charge is 0.322 e. The van der Waals surface area contributed by atoms with Gasteiger partial charge in [-0.15, -0.1) is 0 Å². The Morgan fingerprint density at radius 3 is 2.83 bits per heavy atom. The lowest BCUT2D eigenvalue weighted by Crippen LogP contribution is -2.36. The summed E-state index contributed by atoms with van der Waals surface area (Å²) in [6.45, 7) is 0.407. The van der Waals surface area contributed by atoms with E-state index in [2.05, 4.69) is 15.6 Å². The maximum absolute atomic E-state index is 12.3. The van der Waals surface area contributed by atoms with Gasteiger partial charge in [0.1, 0.15) is 6.04 Å². The van der Waals surface area contributed by atoms with Gasteiger partial charge in [0.25, 0.3) is 5.91 Å². The maximum Gasteiger partial charge on any atom is 0.322 e. The highest BCUT2D eigenvalue weighted by Crippen LogP contribution is 2.18. The number of rotatable bonds is 4. The fourth-order valence-electron chi connectivity index (χ4n) is 2.58. The number of carbonyl (C=O) groups excluding carboxylic acids is 3. The van der Waals surface area contributed by atoms with Gasteiger partial charge in [0.2, 0.25) is 5.91 Å². The van der Waals surface area contributed by atoms with E-state index in [-0.39, 0.29) is 12.3 Å². The number of fused-ring (bicyclic) bond motifs is 1. The number of nitrogens with one attached hydrogen (secondary N) is 2. The van der Waals surface area contributed by atoms with Crippen molar-refractivity contribution < 1.29 is 14.4 Å². The van der Waals surface area contributed by atoms with Gasteiger partial charge in [-0.1, -0.05) is 18.2 Å². The van der Waals surface area contributed by atoms with E-state index in [4.69, 9.17) is 0 Å². The van der Waals surface area contributed by atoms with Crippen molar-refractivity contribution in [3.63, 3.8) is 0 Å². The summed E-state index contributed by atoms with van der Waals surface area (Å²) in [6, 6.07) is 8.21. The van der Waals surface area contributed by atoms with Gasteiger partial charge in [0, 0.05) is 25.2 Å². The van der Waals surface area contributed by atoms with Gasteiger partial charge >= 0.3 is 6.03 Å². The van der Waals surface area contributed by atoms with E-state index in [1.54, 1.807) is 18.1 Å². The van der Waals surface area contributed by atoms with Gasteiger partial charge in [0.05, 0.1) is 11.9 Å². The average molecular weight is 312 g/mol. The molecule has 7 heteroatoms. The number of hydrogen-bond donors (Lipinski definition) is 2. The molecule has 2 aromatic rings. The summed E-state index contributed by atoms with van der Waals surface area (Å²) >= 11 is 0. The largest absolute Gasteiger partial charge is 0.341 e. The lowest BCUT2D eigenvalue weighted by Gasteiger charge is -2.19. The van der Waals surface area contributed by atoms with Gasteiger partial charge < -0.3 is 10.2 Å². The first kappa shape index (κ1) is 15.0. The van der Waals surface area contributed by atoms with Crippen LogP contribution in [-0.4, -0.2) is 40.8 Å². The molecular formula is C16H16N4O3. The van der Waals surface area contributed by atoms with Crippen LogP contribution in [0.5, 0.6) is 0 Å². The van der Waals surface area contributed by atoms with E-state index in [1.807, 2.05) is 30.3 Å². The van der Waals surface area contributed by atoms with E-state index in [9.17, 15) is 14.4 Å². The van der Waals surface area contributed by atoms with Crippen LogP contribution in [0.25, 0.3) is 10.9 Å². The molecular weight excluding hydrogens is 296 g/mol. The Balaban J connectivity index is 1.70. The molecule has 0 spiro atoms. The molecule has 1 saturated heterocycles. The monoisotopic (exact) mass is 312 g/mol. The number of benzene rings is 1. The Morgan fingerprint density at radius 1 is 1.26 bits per heavy atom. The van der Waals surface area contributed by atoms with Crippen molar-refractivity contribution in [3.8, 4) is 0 Å². The molecule has 1 aromatic carbocycles. The minimum absolute atomic E-state index is 0.0584. The van der Waals surface area contributed by atoms with Crippen molar-refractivity contribution in [1.82, 2.24) is 20.5 Å². The van der Waals surface area contributed by atoms with Crippen molar-refractivity contribution in [1.29, 1.82) is 0 Å². The molecule has 4 amide bonds. The normalized spacial score (nSPS) is 17.0. The number of amides is 4. The van der Waals surface area contributed by atoms with Crippen LogP contribution >= 0.6 is 0 Å². The fourth-order valence-corrected chi connectivity index (χ4v) is 2.58. The van der Waals surface area contributed by atoms with Crippen molar-refractivity contribution in [2.45, 2.75) is 19.0 Å². The third-order valence-electron chi connectivity index (χ3n) is 3.81. The molecule has 7 nitrogen and oxygen atoms in total. The van der Waals surface area contributed by atoms with Crippen LogP contribution < -0.4 is 10.6 Å². The Hall–Kier alpha value is -2.96. The van der Waals surface area contributed by atoms with Gasteiger partial charge in [-0.3, -0.25) is 19.9 Å². The quantitative estimate of drug-likeness (QED) is 0.817. The molecule has 1 atom stereocenters. The number of hydrogen-bond acceptors (Lipinski definition) is 4. The van der Waals surface area contributed by atoms with E-state index in [0.29, 0.717) is 6.54 Å². The van der Waals surface area contributed by atoms with E-state index in [0.717, 1.165) is 16.5 Å². The second-order valence-corrected chi connectivity index (χ2v) is 5.46. The van der Waals surface area contributed by atoms with E-state index >= 15 is 0 Å². The van der Waals surface area contributed by atoms with Gasteiger partial charge in [0.15, 0.2) is 0 Å². The molecule has 1 fully saturated rings. The van der Waals surface area contributed by atoms with Crippen molar-refractivity contribution >= 4 is 28.7 Å². The van der Waals surface area contributed by atoms with Crippen LogP contribution in [0, 0.1) is 0 Å². The molecule has 0 bridgehead atoms. The van der Waals surface area contributed by atoms with Crippen LogP contribution in [0.15, 0.2) is 36.5 Å². The number of aromatic nitrogens is 1. The zero-order valence-corrected chi connectivity index (χ0v) is 12.6. The summed E-state index contributed by atoms with van der Waals surface area (Å²) in [5.74, 6) is -0.681. The van der Waals surface area contributed by atoms with Crippen molar-refractivity contribution in [3.05, 3.63) is 42.1 Å². The predicted octanol–water partition coefficient (Wildman–Crippen LogP) is 0.791. The zero-order chi connectivity index (χ0) is 16.4. The minimum atomic E-state index is -0.799. The Labute approximate surface area is 132 Å². The number of urea groups is 1. The second-order valence-electron chi connectivity index (χ2n) is 5.46. The molecule has 3 rings (SSSR count). The Bertz CT molecular complexity index is 784. The molecule has 1 aliphatic heterocycles. The summed E-state index contributed by atoms with van der Waals surface area (Å²) in [6.07, 6.45) is 1.67. The number of imide groups is 1. The number of pyridine rings is 1. The average Bonchev–Trinajstić information content (AvgIpc) is 2.85. The highest BCUT2D eigenvalue weighted by Gasteiger charge is 2.32. The minimum Gasteiger partial charge on any atom is -0.341 e. The zero-order valence-electron chi connectivity index (χ0n) is 12.6. The van der Waals surface area contributed by atoms with Crippen LogP contribution in [0.1, 0.15) is 12.0 Å². The fraction of sp³-hybridized carbons (Fsp3) is 0.250. The topological polar surface area (TPSA) is 91.4 Å². The molecule has 118 valence electrons. The van der Waals surface area contributed by atoms with E-state index < -0.39 is 18.0 Å². The lowest BCUT2D eigenvalue weighted by atomic mass is 10.1. The highest BCUT2D eigenvalue weighted by atomic mass is 16.2. The molecule has 1 unspecified atom stereocenters. The first-order valence-corrected chi connectivity index (χ1v) is 7.22. The summed E-state index contributed by atoms with van der Waals surface area (Å²) in [5, 5.41) is 5.53. The third-order valence-corrected chi connectivity index (χ3v) is 3.81. The van der Waals surface area contributed by atoms with Crippen LogP contribution in [0.2, 0.25) is 0 Å². The molecule has 2 heterocycles. The lowest BCUT2D eigenvalue weighted by molar-refractivity contribution is -0.133. The summed E-state index contributed by atoms with van der Waals surface area (Å²) in [7, 11) is 1.67. The molecule has 23 heavy (non-hydrogen) atoms. The van der Waals surface area contributed by atoms with Crippen molar-refractivity contribution in [2.75, 3.05) is 7.05 Å². The van der Waals surface area contributed by atoms with E-state index in [1.165, 1.54) is 0 Å². The first-order chi connectivity index (χ1) is 11.0. The van der Waals surface area contributed by atoms with Gasteiger partial charge in [-0.05, 0) is 17.7 Å². The predicted molar refractivity (Wildman–Crippen MR) is 83.3 cm³/mol. The standard InChI is InChI=1S/C16H16N4O3/c1-20(14(21)8-13-15(22)19-16(23)18-13)9-10-4-2-6-12-11(10)5-3-7-17-12/h2-7,13H,8-9H2,1H3,(H2,18,19,22,23). The molecule has 2 N–H and O–H groups in total. The highest BCUT2D eigenvalue weighted by molar-refractivity contribution is 6.05. The van der Waals surface area contributed by atoms with Gasteiger partial charge in [-0.25, -0.2) is 4.79 Å². The molecule has 1 aromatic heterocycles. The molecule has 1 aliphatic rings. The molecule has 0 aliphatic carbocycles. The van der Waals surface area contributed by atoms with Crippen LogP contribution in [0.4, 0.5) is 4.79 Å². The first-order valence-electron chi connectivity index (χ1n) is 7.22. The Morgan fingerprint density at radius 2 is 2.09 bits per heavy atom. The third kappa shape index (κ3) is 3.13. The van der Waals surface area contributed by atoms with Crippen LogP contribution in [-0.2, 0) is 16.1 Å². The second kappa shape index (κ2) is 6.04. The molecule has 0 saturated carbocycles. The summed E-state index contributed by atoms with van der Waals surface area (Å²) in [5.41, 5.74) is 1.85. The summed E-state index contributed by atoms with van der Waals surface area (Å²) < 4.78 is 0. The maximum atomic E-state index is 12.3. The number of nitrogens with zero attached hydrogens (tertiary/aromatic N) is 2. The molecule has 0 radical (unpaired) electrons. The Kier molecular flexibility index (Phi) is 3.92. The van der Waals surface area contributed by atoms with Crippen molar-refractivity contribution in [2.24, 2.45) is 0 Å². The number of carbonyl (C=O) groups is 3. The SMILES string of the molecule is CN(Cc1cccc2ncccc12)C(=O)CC1NC(=O)NC1=O. The van der Waals surface area contributed by atoms with Gasteiger partial charge in [-0.2, -0.15) is 0 Å².